The number of carbonyl (C=O) groups excluding carboxylic acids is 3. The number of amides is 3. The van der Waals surface area contributed by atoms with E-state index in [0.29, 0.717) is 25.1 Å². The molecule has 196 valence electrons. The molecule has 0 aromatic carbocycles. The normalized spacial score (nSPS) is 15.2. The Labute approximate surface area is 201 Å². The molecular weight excluding hydrogens is 466 g/mol. The molecule has 15 nitrogen and oxygen atoms in total. The largest absolute Gasteiger partial charge is 0.481 e. The molecule has 3 amide bonds. The fourth-order valence-corrected chi connectivity index (χ4v) is 3.06. The molecule has 1 aromatic heterocycles. The number of carboxylic acid groups (broad SMARTS) is 2. The predicted molar refractivity (Wildman–Crippen MR) is 121 cm³/mol. The topological polar surface area (TPSA) is 263 Å². The summed E-state index contributed by atoms with van der Waals surface area (Å²) >= 11 is 0. The van der Waals surface area contributed by atoms with Crippen LogP contribution >= 0.6 is 0 Å². The van der Waals surface area contributed by atoms with Crippen molar-refractivity contribution < 1.29 is 39.3 Å². The number of carbonyl (C=O) groups is 5. The number of aliphatic hydroxyl groups is 1. The number of nitrogens with two attached hydrogens (primary N) is 2. The van der Waals surface area contributed by atoms with Crippen LogP contribution in [0.1, 0.15) is 38.3 Å². The number of rotatable bonds is 16. The third kappa shape index (κ3) is 10.5. The van der Waals surface area contributed by atoms with Gasteiger partial charge >= 0.3 is 11.9 Å². The lowest BCUT2D eigenvalue weighted by Crippen LogP contribution is -2.60. The van der Waals surface area contributed by atoms with Crippen molar-refractivity contribution in [3.63, 3.8) is 0 Å². The van der Waals surface area contributed by atoms with Gasteiger partial charge in [0.25, 0.3) is 0 Å². The molecule has 0 saturated heterocycles. The molecule has 1 rings (SSSR count). The molecule has 0 aliphatic heterocycles. The van der Waals surface area contributed by atoms with Crippen molar-refractivity contribution in [1.29, 1.82) is 0 Å². The molecule has 35 heavy (non-hydrogen) atoms. The van der Waals surface area contributed by atoms with Crippen LogP contribution in [-0.2, 0) is 30.4 Å². The number of carboxylic acids is 2. The Morgan fingerprint density at radius 1 is 1.03 bits per heavy atom. The van der Waals surface area contributed by atoms with E-state index >= 15 is 0 Å². The second-order valence-corrected chi connectivity index (χ2v) is 7.96. The van der Waals surface area contributed by atoms with E-state index in [0.717, 1.165) is 0 Å². The summed E-state index contributed by atoms with van der Waals surface area (Å²) in [5, 5.41) is 35.3. The Kier molecular flexibility index (Phi) is 12.3. The van der Waals surface area contributed by atoms with Crippen LogP contribution in [0.15, 0.2) is 12.5 Å². The molecule has 0 radical (unpaired) electrons. The maximum atomic E-state index is 12.9. The van der Waals surface area contributed by atoms with Gasteiger partial charge in [0.05, 0.1) is 24.9 Å². The van der Waals surface area contributed by atoms with Gasteiger partial charge in [0.15, 0.2) is 0 Å². The standard InChI is InChI=1S/C20H33N7O8/c1-10(28)16(19(33)26-14(20(34)35)6-11-8-23-9-24-11)27-18(32)13(4-2-3-5-21)25-17(31)12(22)7-15(29)30/h8-10,12-14,16,28H,2-7,21-22H2,1H3,(H,23,24)(H,25,31)(H,26,33)(H,27,32)(H,29,30)(H,34,35). The Hall–Kier alpha value is -3.56. The third-order valence-electron chi connectivity index (χ3n) is 4.97. The van der Waals surface area contributed by atoms with E-state index in [1.165, 1.54) is 19.4 Å². The Balaban J connectivity index is 2.93. The molecular formula is C20H33N7O8. The van der Waals surface area contributed by atoms with E-state index < -0.39 is 66.4 Å². The van der Waals surface area contributed by atoms with E-state index in [-0.39, 0.29) is 12.8 Å². The molecule has 1 aromatic rings. The lowest BCUT2D eigenvalue weighted by Gasteiger charge is -2.26. The minimum Gasteiger partial charge on any atom is -0.481 e. The Morgan fingerprint density at radius 2 is 1.69 bits per heavy atom. The molecule has 0 aliphatic carbocycles. The summed E-state index contributed by atoms with van der Waals surface area (Å²) in [4.78, 5) is 66.7. The molecule has 1 heterocycles. The number of aliphatic carboxylic acids is 2. The highest BCUT2D eigenvalue weighted by molar-refractivity contribution is 5.95. The summed E-state index contributed by atoms with van der Waals surface area (Å²) in [6.45, 7) is 1.55. The summed E-state index contributed by atoms with van der Waals surface area (Å²) in [7, 11) is 0. The number of imidazole rings is 1. The number of hydrogen-bond donors (Lipinski definition) is 9. The van der Waals surface area contributed by atoms with Gasteiger partial charge in [-0.15, -0.1) is 0 Å². The number of nitrogens with one attached hydrogen (secondary N) is 4. The van der Waals surface area contributed by atoms with Gasteiger partial charge in [-0.25, -0.2) is 9.78 Å². The SMILES string of the molecule is CC(O)C(NC(=O)C(CCCCN)NC(=O)C(N)CC(=O)O)C(=O)NC(Cc1cnc[nH]1)C(=O)O. The van der Waals surface area contributed by atoms with Crippen molar-refractivity contribution in [1.82, 2.24) is 25.9 Å². The Morgan fingerprint density at radius 3 is 2.20 bits per heavy atom. The number of aromatic amines is 1. The summed E-state index contributed by atoms with van der Waals surface area (Å²) in [6.07, 6.45) is 1.57. The number of unbranched alkanes of at least 4 members (excludes halogenated alkanes) is 1. The van der Waals surface area contributed by atoms with Crippen molar-refractivity contribution in [2.45, 2.75) is 69.3 Å². The molecule has 0 saturated carbocycles. The van der Waals surface area contributed by atoms with Crippen LogP contribution in [0.2, 0.25) is 0 Å². The zero-order chi connectivity index (χ0) is 26.5. The number of aromatic nitrogens is 2. The van der Waals surface area contributed by atoms with E-state index in [2.05, 4.69) is 25.9 Å². The Bertz CT molecular complexity index is 862. The first-order chi connectivity index (χ1) is 16.5. The first-order valence-electron chi connectivity index (χ1n) is 10.9. The van der Waals surface area contributed by atoms with Crippen LogP contribution < -0.4 is 27.4 Å². The van der Waals surface area contributed by atoms with Gasteiger partial charge in [-0.05, 0) is 32.7 Å². The molecule has 11 N–H and O–H groups in total. The summed E-state index contributed by atoms with van der Waals surface area (Å²) in [6, 6.07) is -5.54. The smallest absolute Gasteiger partial charge is 0.326 e. The first kappa shape index (κ1) is 29.5. The maximum absolute atomic E-state index is 12.9. The van der Waals surface area contributed by atoms with Gasteiger partial charge in [-0.3, -0.25) is 19.2 Å². The first-order valence-corrected chi connectivity index (χ1v) is 10.9. The van der Waals surface area contributed by atoms with E-state index in [9.17, 15) is 34.2 Å². The second kappa shape index (κ2) is 14.6. The van der Waals surface area contributed by atoms with Crippen LogP contribution in [0.5, 0.6) is 0 Å². The highest BCUT2D eigenvalue weighted by Gasteiger charge is 2.33. The molecule has 15 heteroatoms. The van der Waals surface area contributed by atoms with Gasteiger partial charge in [-0.1, -0.05) is 0 Å². The highest BCUT2D eigenvalue weighted by atomic mass is 16.4. The van der Waals surface area contributed by atoms with Crippen LogP contribution in [0.25, 0.3) is 0 Å². The second-order valence-electron chi connectivity index (χ2n) is 7.96. The molecule has 0 aliphatic rings. The average molecular weight is 500 g/mol. The van der Waals surface area contributed by atoms with Crippen LogP contribution in [-0.4, -0.2) is 91.8 Å². The predicted octanol–water partition coefficient (Wildman–Crippen LogP) is -3.20. The lowest BCUT2D eigenvalue weighted by molar-refractivity contribution is -0.143. The van der Waals surface area contributed by atoms with Crippen molar-refractivity contribution in [3.8, 4) is 0 Å². The van der Waals surface area contributed by atoms with Crippen molar-refractivity contribution in [3.05, 3.63) is 18.2 Å². The third-order valence-corrected chi connectivity index (χ3v) is 4.97. The number of aliphatic hydroxyl groups excluding tert-OH is 1. The van der Waals surface area contributed by atoms with Crippen molar-refractivity contribution >= 4 is 29.7 Å². The maximum Gasteiger partial charge on any atom is 0.326 e. The number of hydrogen-bond acceptors (Lipinski definition) is 9. The van der Waals surface area contributed by atoms with Gasteiger partial charge in [0.2, 0.25) is 17.7 Å². The molecule has 0 spiro atoms. The summed E-state index contributed by atoms with van der Waals surface area (Å²) in [5.74, 6) is -5.34. The summed E-state index contributed by atoms with van der Waals surface area (Å²) < 4.78 is 0. The van der Waals surface area contributed by atoms with Crippen molar-refractivity contribution in [2.24, 2.45) is 11.5 Å². The van der Waals surface area contributed by atoms with E-state index in [1.54, 1.807) is 0 Å². The monoisotopic (exact) mass is 499 g/mol. The zero-order valence-corrected chi connectivity index (χ0v) is 19.3. The minimum absolute atomic E-state index is 0.0975. The van der Waals surface area contributed by atoms with Crippen LogP contribution in [0.4, 0.5) is 0 Å². The average Bonchev–Trinajstić information content (AvgIpc) is 3.28. The highest BCUT2D eigenvalue weighted by Crippen LogP contribution is 2.06. The fraction of sp³-hybridized carbons (Fsp3) is 0.600. The fourth-order valence-electron chi connectivity index (χ4n) is 3.06. The van der Waals surface area contributed by atoms with Gasteiger partial charge in [0, 0.05) is 18.3 Å². The minimum atomic E-state index is -1.55. The number of H-pyrrole nitrogens is 1. The number of nitrogens with zero attached hydrogens (tertiary/aromatic N) is 1. The van der Waals surface area contributed by atoms with Gasteiger partial charge in [-0.2, -0.15) is 0 Å². The van der Waals surface area contributed by atoms with Gasteiger partial charge in [0.1, 0.15) is 18.1 Å². The molecule has 0 bridgehead atoms. The van der Waals surface area contributed by atoms with Crippen LogP contribution in [0, 0.1) is 0 Å². The zero-order valence-electron chi connectivity index (χ0n) is 19.3. The van der Waals surface area contributed by atoms with Crippen molar-refractivity contribution in [2.75, 3.05) is 6.54 Å². The lowest BCUT2D eigenvalue weighted by atomic mass is 10.0. The molecule has 0 fully saturated rings. The van der Waals surface area contributed by atoms with E-state index in [4.69, 9.17) is 16.6 Å². The van der Waals surface area contributed by atoms with E-state index in [1.807, 2.05) is 0 Å². The van der Waals surface area contributed by atoms with Gasteiger partial charge < -0.3 is 47.7 Å². The quantitative estimate of drug-likeness (QED) is 0.102. The molecule has 5 unspecified atom stereocenters. The summed E-state index contributed by atoms with van der Waals surface area (Å²) in [5.41, 5.74) is 11.4. The molecule has 5 atom stereocenters. The van der Waals surface area contributed by atoms with Crippen LogP contribution in [0.3, 0.4) is 0 Å².